The first-order valence-corrected chi connectivity index (χ1v) is 9.84. The largest absolute Gasteiger partial charge is 0.407 e. The third-order valence-corrected chi connectivity index (χ3v) is 4.93. The average molecular weight is 423 g/mol. The molecule has 1 atom stereocenters. The van der Waals surface area contributed by atoms with Crippen LogP contribution in [0.2, 0.25) is 0 Å². The number of anilines is 1. The van der Waals surface area contributed by atoms with Crippen LogP contribution in [0.15, 0.2) is 47.8 Å². The number of halogens is 3. The SMILES string of the molecule is CN/C=C\C(NC1CCCCC1)=C(/C=O)C(=N)Nc1cccc([C@@H](N)C(F)(F)F)c1. The fourth-order valence-electron chi connectivity index (χ4n) is 3.32. The summed E-state index contributed by atoms with van der Waals surface area (Å²) in [6.07, 6.45) is 4.62. The Balaban J connectivity index is 2.25. The number of rotatable bonds is 8. The van der Waals surface area contributed by atoms with Gasteiger partial charge in [0.05, 0.1) is 11.3 Å². The van der Waals surface area contributed by atoms with Crippen LogP contribution in [-0.4, -0.2) is 31.4 Å². The molecule has 1 aliphatic rings. The Morgan fingerprint density at radius 1 is 1.27 bits per heavy atom. The molecule has 0 amide bonds. The van der Waals surface area contributed by atoms with Gasteiger partial charge in [0, 0.05) is 18.8 Å². The molecule has 0 unspecified atom stereocenters. The predicted octanol–water partition coefficient (Wildman–Crippen LogP) is 3.75. The van der Waals surface area contributed by atoms with E-state index >= 15 is 0 Å². The van der Waals surface area contributed by atoms with Crippen molar-refractivity contribution in [2.45, 2.75) is 50.4 Å². The number of carbonyl (C=O) groups excluding carboxylic acids is 1. The molecule has 1 aromatic rings. The number of nitrogens with two attached hydrogens (primary N) is 1. The highest BCUT2D eigenvalue weighted by Gasteiger charge is 2.37. The van der Waals surface area contributed by atoms with Gasteiger partial charge in [-0.2, -0.15) is 13.2 Å². The normalized spacial score (nSPS) is 17.2. The molecule has 1 saturated carbocycles. The van der Waals surface area contributed by atoms with Crippen molar-refractivity contribution >= 4 is 17.8 Å². The number of hydrogen-bond acceptors (Lipinski definition) is 5. The summed E-state index contributed by atoms with van der Waals surface area (Å²) in [5.74, 6) is -0.221. The molecule has 2 rings (SSSR count). The van der Waals surface area contributed by atoms with Crippen molar-refractivity contribution in [3.63, 3.8) is 0 Å². The molecule has 1 aliphatic carbocycles. The molecule has 1 fully saturated rings. The third-order valence-electron chi connectivity index (χ3n) is 4.93. The van der Waals surface area contributed by atoms with Crippen molar-refractivity contribution in [3.05, 3.63) is 53.4 Å². The van der Waals surface area contributed by atoms with Gasteiger partial charge in [-0.05, 0) is 42.8 Å². The maximum Gasteiger partial charge on any atom is 0.407 e. The van der Waals surface area contributed by atoms with Crippen LogP contribution in [0.3, 0.4) is 0 Å². The number of aldehydes is 1. The Labute approximate surface area is 174 Å². The summed E-state index contributed by atoms with van der Waals surface area (Å²) in [6, 6.07) is 3.51. The summed E-state index contributed by atoms with van der Waals surface area (Å²) in [7, 11) is 1.72. The van der Waals surface area contributed by atoms with Crippen molar-refractivity contribution < 1.29 is 18.0 Å². The first-order valence-electron chi connectivity index (χ1n) is 9.84. The van der Waals surface area contributed by atoms with E-state index in [1.807, 2.05) is 0 Å². The number of carbonyl (C=O) groups is 1. The first kappa shape index (κ1) is 23.5. The molecular formula is C21H28F3N5O. The topological polar surface area (TPSA) is 103 Å². The van der Waals surface area contributed by atoms with E-state index < -0.39 is 12.2 Å². The van der Waals surface area contributed by atoms with E-state index in [1.165, 1.54) is 30.7 Å². The van der Waals surface area contributed by atoms with Gasteiger partial charge in [-0.15, -0.1) is 0 Å². The number of alkyl halides is 3. The summed E-state index contributed by atoms with van der Waals surface area (Å²) >= 11 is 0. The van der Waals surface area contributed by atoms with Crippen LogP contribution in [0.1, 0.15) is 43.7 Å². The van der Waals surface area contributed by atoms with Gasteiger partial charge in [0.2, 0.25) is 0 Å². The van der Waals surface area contributed by atoms with Gasteiger partial charge in [0.1, 0.15) is 11.9 Å². The van der Waals surface area contributed by atoms with E-state index in [-0.39, 0.29) is 28.7 Å². The smallest absolute Gasteiger partial charge is 0.394 e. The molecule has 0 aliphatic heterocycles. The Hall–Kier alpha value is -2.81. The number of benzene rings is 1. The highest BCUT2D eigenvalue weighted by atomic mass is 19.4. The molecule has 9 heteroatoms. The predicted molar refractivity (Wildman–Crippen MR) is 112 cm³/mol. The highest BCUT2D eigenvalue weighted by molar-refractivity contribution is 6.18. The zero-order valence-corrected chi connectivity index (χ0v) is 16.9. The van der Waals surface area contributed by atoms with E-state index in [0.29, 0.717) is 12.0 Å². The molecule has 0 radical (unpaired) electrons. The third kappa shape index (κ3) is 6.62. The number of hydrogen-bond donors (Lipinski definition) is 5. The van der Waals surface area contributed by atoms with Crippen LogP contribution in [0.4, 0.5) is 18.9 Å². The second-order valence-corrected chi connectivity index (χ2v) is 7.19. The Morgan fingerprint density at radius 2 is 1.97 bits per heavy atom. The minimum Gasteiger partial charge on any atom is -0.394 e. The molecule has 0 heterocycles. The van der Waals surface area contributed by atoms with Gasteiger partial charge in [0.25, 0.3) is 0 Å². The lowest BCUT2D eigenvalue weighted by atomic mass is 9.95. The molecule has 0 spiro atoms. The minimum atomic E-state index is -4.57. The van der Waals surface area contributed by atoms with Crippen LogP contribution in [0.5, 0.6) is 0 Å². The molecule has 0 saturated heterocycles. The van der Waals surface area contributed by atoms with Crippen LogP contribution in [0, 0.1) is 5.41 Å². The molecule has 6 N–H and O–H groups in total. The molecular weight excluding hydrogens is 395 g/mol. The molecule has 0 bridgehead atoms. The van der Waals surface area contributed by atoms with Gasteiger partial charge in [0.15, 0.2) is 6.29 Å². The Kier molecular flexibility index (Phi) is 8.46. The second kappa shape index (κ2) is 10.8. The lowest BCUT2D eigenvalue weighted by Gasteiger charge is -2.25. The van der Waals surface area contributed by atoms with Crippen molar-refractivity contribution in [1.82, 2.24) is 10.6 Å². The maximum atomic E-state index is 12.9. The summed E-state index contributed by atoms with van der Waals surface area (Å²) in [4.78, 5) is 11.8. The zero-order chi connectivity index (χ0) is 22.1. The summed E-state index contributed by atoms with van der Waals surface area (Å²) in [5, 5.41) is 17.2. The van der Waals surface area contributed by atoms with Crippen LogP contribution in [-0.2, 0) is 4.79 Å². The Morgan fingerprint density at radius 3 is 2.57 bits per heavy atom. The van der Waals surface area contributed by atoms with Gasteiger partial charge >= 0.3 is 6.18 Å². The summed E-state index contributed by atoms with van der Waals surface area (Å²) < 4.78 is 38.7. The quantitative estimate of drug-likeness (QED) is 0.144. The molecule has 164 valence electrons. The first-order chi connectivity index (χ1) is 14.3. The number of allylic oxidation sites excluding steroid dienone is 1. The maximum absolute atomic E-state index is 12.9. The van der Waals surface area contributed by atoms with Gasteiger partial charge < -0.3 is 21.7 Å². The highest BCUT2D eigenvalue weighted by Crippen LogP contribution is 2.31. The van der Waals surface area contributed by atoms with Crippen molar-refractivity contribution in [2.24, 2.45) is 5.73 Å². The van der Waals surface area contributed by atoms with Crippen LogP contribution >= 0.6 is 0 Å². The fraction of sp³-hybridized carbons (Fsp3) is 0.429. The summed E-state index contributed by atoms with van der Waals surface area (Å²) in [5.41, 5.74) is 5.94. The lowest BCUT2D eigenvalue weighted by molar-refractivity contribution is -0.149. The Bertz CT molecular complexity index is 798. The van der Waals surface area contributed by atoms with E-state index in [1.54, 1.807) is 19.3 Å². The van der Waals surface area contributed by atoms with Gasteiger partial charge in [-0.3, -0.25) is 10.2 Å². The van der Waals surface area contributed by atoms with Crippen LogP contribution < -0.4 is 21.7 Å². The van der Waals surface area contributed by atoms with E-state index in [4.69, 9.17) is 11.1 Å². The minimum absolute atomic E-state index is 0.0811. The molecule has 0 aromatic heterocycles. The molecule has 6 nitrogen and oxygen atoms in total. The standard InChI is InChI=1S/C21H28F3N5O/c1-27-11-10-18(28-15-7-3-2-4-8-15)17(13-30)20(26)29-16-9-5-6-14(12-16)19(25)21(22,23)24/h5-6,9-13,15,19,27-28H,2-4,7-8,25H2,1H3,(H2,26,29)/b11-10-,18-17-/t19-/m1/s1. The monoisotopic (exact) mass is 423 g/mol. The fourth-order valence-corrected chi connectivity index (χ4v) is 3.32. The summed E-state index contributed by atoms with van der Waals surface area (Å²) in [6.45, 7) is 0. The van der Waals surface area contributed by atoms with Gasteiger partial charge in [-0.1, -0.05) is 31.4 Å². The van der Waals surface area contributed by atoms with E-state index in [2.05, 4.69) is 16.0 Å². The van der Waals surface area contributed by atoms with E-state index in [0.717, 1.165) is 25.7 Å². The molecule has 1 aromatic carbocycles. The van der Waals surface area contributed by atoms with Crippen molar-refractivity contribution in [1.29, 1.82) is 5.41 Å². The second-order valence-electron chi connectivity index (χ2n) is 7.19. The van der Waals surface area contributed by atoms with Crippen molar-refractivity contribution in [2.75, 3.05) is 12.4 Å². The van der Waals surface area contributed by atoms with E-state index in [9.17, 15) is 18.0 Å². The number of amidine groups is 1. The molecule has 30 heavy (non-hydrogen) atoms. The number of nitrogens with one attached hydrogen (secondary N) is 4. The average Bonchev–Trinajstić information content (AvgIpc) is 2.72. The zero-order valence-electron chi connectivity index (χ0n) is 16.9. The van der Waals surface area contributed by atoms with Gasteiger partial charge in [-0.25, -0.2) is 0 Å². The van der Waals surface area contributed by atoms with Crippen LogP contribution in [0.25, 0.3) is 0 Å². The lowest BCUT2D eigenvalue weighted by Crippen LogP contribution is -2.32. The van der Waals surface area contributed by atoms with Crippen molar-refractivity contribution in [3.8, 4) is 0 Å².